The summed E-state index contributed by atoms with van der Waals surface area (Å²) in [6, 6.07) is 1.09. The van der Waals surface area contributed by atoms with Crippen molar-refractivity contribution in [3.63, 3.8) is 0 Å². The number of halogens is 15. The molecule has 0 aliphatic heterocycles. The van der Waals surface area contributed by atoms with E-state index in [4.69, 9.17) is 0 Å². The van der Waals surface area contributed by atoms with Gasteiger partial charge in [-0.2, -0.15) is 0 Å². The summed E-state index contributed by atoms with van der Waals surface area (Å²) in [6.45, 7) is 0. The van der Waals surface area contributed by atoms with Gasteiger partial charge in [0.05, 0.1) is 16.7 Å². The van der Waals surface area contributed by atoms with E-state index in [0.717, 1.165) is 0 Å². The van der Waals surface area contributed by atoms with Gasteiger partial charge in [0.15, 0.2) is 69.8 Å². The van der Waals surface area contributed by atoms with Crippen molar-refractivity contribution >= 4 is 23.4 Å². The number of phenolic OH excluding ortho intramolecular Hbond substituents is 1. The molecule has 0 fully saturated rings. The monoisotopic (exact) mass is 686 g/mol. The first-order valence-corrected chi connectivity index (χ1v) is 12.1. The van der Waals surface area contributed by atoms with Crippen molar-refractivity contribution in [1.29, 1.82) is 0 Å². The van der Waals surface area contributed by atoms with Crippen LogP contribution < -0.4 is 5.46 Å². The zero-order chi connectivity index (χ0) is 35.1. The maximum absolute atomic E-state index is 15.4. The van der Waals surface area contributed by atoms with E-state index >= 15 is 26.3 Å². The molecule has 0 amide bonds. The summed E-state index contributed by atoms with van der Waals surface area (Å²) in [7, 11) is -3.61. The van der Waals surface area contributed by atoms with Crippen molar-refractivity contribution in [3.8, 4) is 39.1 Å². The summed E-state index contributed by atoms with van der Waals surface area (Å²) in [6.07, 6.45) is 0. The molecule has 0 spiro atoms. The van der Waals surface area contributed by atoms with Crippen molar-refractivity contribution in [3.05, 3.63) is 105 Å². The fourth-order valence-electron chi connectivity index (χ4n) is 5.02. The molecule has 5 aromatic carbocycles. The predicted molar refractivity (Wildman–Crippen MR) is 131 cm³/mol. The molecule has 0 aromatic heterocycles. The van der Waals surface area contributed by atoms with Gasteiger partial charge >= 0.3 is 7.12 Å². The number of aromatic hydroxyl groups is 1. The second-order valence-corrected chi connectivity index (χ2v) is 9.48. The topological polar surface area (TPSA) is 60.7 Å². The molecule has 0 heterocycles. The van der Waals surface area contributed by atoms with Crippen molar-refractivity contribution in [2.24, 2.45) is 0 Å². The van der Waals surface area contributed by atoms with Crippen LogP contribution in [-0.4, -0.2) is 22.3 Å². The summed E-state index contributed by atoms with van der Waals surface area (Å²) in [5, 5.41) is 28.2. The fourth-order valence-corrected chi connectivity index (χ4v) is 5.02. The molecule has 244 valence electrons. The van der Waals surface area contributed by atoms with E-state index in [9.17, 15) is 54.7 Å². The Bertz CT molecular complexity index is 2120. The first-order chi connectivity index (χ1) is 21.9. The van der Waals surface area contributed by atoms with Crippen LogP contribution in [-0.2, 0) is 0 Å². The van der Waals surface area contributed by atoms with E-state index in [2.05, 4.69) is 0 Å². The molecule has 5 aromatic rings. The molecule has 19 heteroatoms. The van der Waals surface area contributed by atoms with Gasteiger partial charge in [-0.1, -0.05) is 6.07 Å². The molecule has 47 heavy (non-hydrogen) atoms. The van der Waals surface area contributed by atoms with Gasteiger partial charge < -0.3 is 15.2 Å². The zero-order valence-corrected chi connectivity index (χ0v) is 21.8. The van der Waals surface area contributed by atoms with E-state index in [1.54, 1.807) is 0 Å². The Labute approximate surface area is 249 Å². The molecule has 0 saturated carbocycles. The Kier molecular flexibility index (Phi) is 8.12. The van der Waals surface area contributed by atoms with Crippen molar-refractivity contribution in [2.75, 3.05) is 0 Å². The minimum absolute atomic E-state index is 0.196. The highest BCUT2D eigenvalue weighted by atomic mass is 19.2. The van der Waals surface area contributed by atoms with Crippen molar-refractivity contribution in [1.82, 2.24) is 0 Å². The van der Waals surface area contributed by atoms with Crippen LogP contribution in [0.3, 0.4) is 0 Å². The third-order valence-electron chi connectivity index (χ3n) is 6.97. The van der Waals surface area contributed by atoms with Gasteiger partial charge in [0, 0.05) is 5.56 Å². The van der Waals surface area contributed by atoms with E-state index in [1.165, 1.54) is 0 Å². The lowest BCUT2D eigenvalue weighted by Crippen LogP contribution is -2.35. The quantitative estimate of drug-likeness (QED) is 0.0805. The van der Waals surface area contributed by atoms with Gasteiger partial charge in [-0.05, 0) is 39.5 Å². The summed E-state index contributed by atoms with van der Waals surface area (Å²) < 4.78 is 220. The molecule has 3 N–H and O–H groups in total. The van der Waals surface area contributed by atoms with E-state index < -0.39 is 150 Å². The summed E-state index contributed by atoms with van der Waals surface area (Å²) in [5.41, 5.74) is -14.8. The molecule has 0 unspecified atom stereocenters. The van der Waals surface area contributed by atoms with Crippen LogP contribution in [0.25, 0.3) is 44.2 Å². The molecular weight excluding hydrogens is 680 g/mol. The lowest BCUT2D eigenvalue weighted by atomic mass is 9.67. The second kappa shape index (κ2) is 11.4. The van der Waals surface area contributed by atoms with Crippen LogP contribution in [0.15, 0.2) is 18.2 Å². The molecule has 0 atom stereocenters. The van der Waals surface area contributed by atoms with E-state index in [0.29, 0.717) is 12.1 Å². The highest BCUT2D eigenvalue weighted by Gasteiger charge is 2.40. The summed E-state index contributed by atoms with van der Waals surface area (Å²) in [4.78, 5) is 0. The average Bonchev–Trinajstić information content (AvgIpc) is 3.03. The SMILES string of the molecule is OB(O)c1c(-c2c(F)c(F)c(F)c(F)c2F)c(-c2c(F)c(F)c(F)c(F)c2F)c2cc(O)ccc2c1-c1c(F)c(F)c(F)c(F)c1F. The van der Waals surface area contributed by atoms with E-state index in [-0.39, 0.29) is 6.07 Å². The Balaban J connectivity index is 2.28. The second-order valence-electron chi connectivity index (χ2n) is 9.48. The van der Waals surface area contributed by atoms with Crippen LogP contribution in [0.2, 0.25) is 0 Å². The first-order valence-electron chi connectivity index (χ1n) is 12.1. The zero-order valence-electron chi connectivity index (χ0n) is 21.8. The molecular formula is C28H6BF15O3. The number of phenols is 1. The molecule has 0 radical (unpaired) electrons. The summed E-state index contributed by atoms with van der Waals surface area (Å²) >= 11 is 0. The van der Waals surface area contributed by atoms with Gasteiger partial charge in [0.25, 0.3) is 0 Å². The largest absolute Gasteiger partial charge is 0.508 e. The Hall–Kier alpha value is -4.91. The van der Waals surface area contributed by atoms with Crippen LogP contribution in [0, 0.1) is 87.3 Å². The molecule has 5 rings (SSSR count). The van der Waals surface area contributed by atoms with Crippen LogP contribution in [0.5, 0.6) is 5.75 Å². The first kappa shape index (κ1) is 33.5. The molecule has 0 saturated heterocycles. The standard InChI is InChI=1S/C28H6BF15O3/c30-14-10(15(31)21(37)26(42)20(14)36)7-6-3-4(45)1-2-5(6)8(11-16(32)22(38)27(43)23(39)17(11)33)13(29(46)47)9(7)12-18(34)24(40)28(44)25(41)19(12)35/h1-3,45-47H. The van der Waals surface area contributed by atoms with Crippen LogP contribution in [0.4, 0.5) is 65.9 Å². The van der Waals surface area contributed by atoms with E-state index in [1.807, 2.05) is 0 Å². The third kappa shape index (κ3) is 4.66. The Morgan fingerprint density at radius 1 is 0.340 bits per heavy atom. The predicted octanol–water partition coefficient (Wildman–Crippen LogP) is 7.31. The van der Waals surface area contributed by atoms with Crippen molar-refractivity contribution < 1.29 is 81.0 Å². The van der Waals surface area contributed by atoms with Gasteiger partial charge in [0.1, 0.15) is 5.75 Å². The normalized spacial score (nSPS) is 11.6. The lowest BCUT2D eigenvalue weighted by Gasteiger charge is -2.25. The fraction of sp³-hybridized carbons (Fsp3) is 0. The maximum atomic E-state index is 15.4. The van der Waals surface area contributed by atoms with Crippen LogP contribution in [0.1, 0.15) is 0 Å². The minimum Gasteiger partial charge on any atom is -0.508 e. The molecule has 0 bridgehead atoms. The summed E-state index contributed by atoms with van der Waals surface area (Å²) in [5.74, 6) is -44.0. The average molecular weight is 686 g/mol. The van der Waals surface area contributed by atoms with Gasteiger partial charge in [-0.15, -0.1) is 0 Å². The Morgan fingerprint density at radius 2 is 0.638 bits per heavy atom. The maximum Gasteiger partial charge on any atom is 0.489 e. The Morgan fingerprint density at radius 3 is 0.979 bits per heavy atom. The smallest absolute Gasteiger partial charge is 0.489 e. The van der Waals surface area contributed by atoms with Crippen molar-refractivity contribution in [2.45, 2.75) is 0 Å². The number of benzene rings is 5. The number of fused-ring (bicyclic) bond motifs is 1. The number of hydrogen-bond acceptors (Lipinski definition) is 3. The highest BCUT2D eigenvalue weighted by molar-refractivity contribution is 6.64. The minimum atomic E-state index is -3.61. The molecule has 3 nitrogen and oxygen atoms in total. The lowest BCUT2D eigenvalue weighted by molar-refractivity contribution is 0.380. The molecule has 0 aliphatic carbocycles. The number of hydrogen-bond donors (Lipinski definition) is 3. The van der Waals surface area contributed by atoms with Crippen LogP contribution >= 0.6 is 0 Å². The third-order valence-corrected chi connectivity index (χ3v) is 6.97. The van der Waals surface area contributed by atoms with Gasteiger partial charge in [-0.3, -0.25) is 0 Å². The van der Waals surface area contributed by atoms with Gasteiger partial charge in [-0.25, -0.2) is 65.9 Å². The highest BCUT2D eigenvalue weighted by Crippen LogP contribution is 2.48. The molecule has 0 aliphatic rings. The number of rotatable bonds is 4. The van der Waals surface area contributed by atoms with Gasteiger partial charge in [0.2, 0.25) is 17.5 Å².